The van der Waals surface area contributed by atoms with Crippen molar-refractivity contribution < 1.29 is 19.1 Å². The quantitative estimate of drug-likeness (QED) is 0.517. The maximum atomic E-state index is 13.3. The second-order valence-corrected chi connectivity index (χ2v) is 9.06. The molecule has 0 bridgehead atoms. The molecule has 3 amide bonds. The van der Waals surface area contributed by atoms with Crippen LogP contribution in [0.4, 0.5) is 4.79 Å². The molecule has 31 heavy (non-hydrogen) atoms. The van der Waals surface area contributed by atoms with Crippen LogP contribution in [0.25, 0.3) is 0 Å². The lowest BCUT2D eigenvalue weighted by Gasteiger charge is -2.33. The molecule has 1 aromatic rings. The summed E-state index contributed by atoms with van der Waals surface area (Å²) >= 11 is 0. The Morgan fingerprint density at radius 2 is 1.81 bits per heavy atom. The molecule has 0 spiro atoms. The standard InChI is InChI=1S/C24H33N3O4/c1-9-15-27(19(28)16-25-22(30)31-24(6,7)8)20(21(29)26-23(3,4)5)18-14-12-11-13-17(18)10-2/h2,9,11-14,20H,1,15-16H2,3-8H3,(H,25,30)(H,26,29). The SMILES string of the molecule is C#Cc1ccccc1C(C(=O)NC(C)(C)C)N(CC=C)C(=O)CNC(=O)OC(C)(C)C. The van der Waals surface area contributed by atoms with Crippen LogP contribution in [0.2, 0.25) is 0 Å². The molecular weight excluding hydrogens is 394 g/mol. The van der Waals surface area contributed by atoms with Gasteiger partial charge in [-0.2, -0.15) is 0 Å². The van der Waals surface area contributed by atoms with Gasteiger partial charge in [0.1, 0.15) is 18.2 Å². The van der Waals surface area contributed by atoms with Crippen LogP contribution in [0.1, 0.15) is 58.7 Å². The summed E-state index contributed by atoms with van der Waals surface area (Å²) in [5.41, 5.74) is -0.217. The molecule has 0 fully saturated rings. The molecule has 168 valence electrons. The number of terminal acetylenes is 1. The highest BCUT2D eigenvalue weighted by Crippen LogP contribution is 2.25. The summed E-state index contributed by atoms with van der Waals surface area (Å²) in [7, 11) is 0. The molecule has 0 aromatic heterocycles. The molecule has 0 radical (unpaired) electrons. The number of hydrogen-bond donors (Lipinski definition) is 2. The van der Waals surface area contributed by atoms with E-state index < -0.39 is 29.2 Å². The first-order valence-corrected chi connectivity index (χ1v) is 10.0. The molecule has 0 saturated carbocycles. The van der Waals surface area contributed by atoms with Crippen LogP contribution < -0.4 is 10.6 Å². The van der Waals surface area contributed by atoms with Crippen molar-refractivity contribution in [2.45, 2.75) is 58.7 Å². The van der Waals surface area contributed by atoms with E-state index in [1.54, 1.807) is 45.0 Å². The molecule has 1 rings (SSSR count). The average Bonchev–Trinajstić information content (AvgIpc) is 2.63. The van der Waals surface area contributed by atoms with E-state index in [9.17, 15) is 14.4 Å². The Bertz CT molecular complexity index is 857. The Kier molecular flexibility index (Phi) is 8.87. The largest absolute Gasteiger partial charge is 0.444 e. The molecule has 1 aromatic carbocycles. The van der Waals surface area contributed by atoms with Gasteiger partial charge in [-0.1, -0.05) is 30.2 Å². The number of rotatable bonds is 7. The van der Waals surface area contributed by atoms with E-state index >= 15 is 0 Å². The summed E-state index contributed by atoms with van der Waals surface area (Å²) in [6.45, 7) is 14.1. The number of nitrogens with zero attached hydrogens (tertiary/aromatic N) is 1. The number of carbonyl (C=O) groups is 3. The van der Waals surface area contributed by atoms with Crippen LogP contribution in [-0.4, -0.2) is 47.0 Å². The first kappa shape index (κ1) is 25.8. The zero-order valence-corrected chi connectivity index (χ0v) is 19.2. The lowest BCUT2D eigenvalue weighted by Crippen LogP contribution is -2.51. The summed E-state index contributed by atoms with van der Waals surface area (Å²) in [6, 6.07) is 5.94. The van der Waals surface area contributed by atoms with Crippen molar-refractivity contribution in [1.82, 2.24) is 15.5 Å². The predicted octanol–water partition coefficient (Wildman–Crippen LogP) is 3.16. The van der Waals surface area contributed by atoms with E-state index in [1.165, 1.54) is 11.0 Å². The number of nitrogens with one attached hydrogen (secondary N) is 2. The highest BCUT2D eigenvalue weighted by Gasteiger charge is 2.34. The highest BCUT2D eigenvalue weighted by atomic mass is 16.6. The Balaban J connectivity index is 3.28. The van der Waals surface area contributed by atoms with Gasteiger partial charge in [-0.15, -0.1) is 13.0 Å². The van der Waals surface area contributed by atoms with Gasteiger partial charge < -0.3 is 20.3 Å². The molecule has 1 atom stereocenters. The van der Waals surface area contributed by atoms with Crippen molar-refractivity contribution in [2.24, 2.45) is 0 Å². The normalized spacial score (nSPS) is 12.2. The monoisotopic (exact) mass is 427 g/mol. The zero-order valence-electron chi connectivity index (χ0n) is 19.2. The number of carbonyl (C=O) groups excluding carboxylic acids is 3. The summed E-state index contributed by atoms with van der Waals surface area (Å²) < 4.78 is 5.18. The summed E-state index contributed by atoms with van der Waals surface area (Å²) in [5.74, 6) is 1.71. The maximum absolute atomic E-state index is 13.3. The van der Waals surface area contributed by atoms with Gasteiger partial charge in [-0.25, -0.2) is 4.79 Å². The molecule has 0 aliphatic carbocycles. The molecule has 1 unspecified atom stereocenters. The molecule has 0 saturated heterocycles. The van der Waals surface area contributed by atoms with E-state index in [0.29, 0.717) is 11.1 Å². The molecule has 0 aliphatic heterocycles. The molecule has 2 N–H and O–H groups in total. The minimum atomic E-state index is -1.00. The fourth-order valence-electron chi connectivity index (χ4n) is 2.81. The Hall–Kier alpha value is -3.27. The van der Waals surface area contributed by atoms with Gasteiger partial charge in [-0.3, -0.25) is 9.59 Å². The van der Waals surface area contributed by atoms with Crippen molar-refractivity contribution in [3.8, 4) is 12.3 Å². The van der Waals surface area contributed by atoms with Crippen molar-refractivity contribution in [3.63, 3.8) is 0 Å². The Labute approximate surface area is 185 Å². The van der Waals surface area contributed by atoms with Gasteiger partial charge in [0.05, 0.1) is 0 Å². The minimum Gasteiger partial charge on any atom is -0.444 e. The van der Waals surface area contributed by atoms with E-state index in [1.807, 2.05) is 20.8 Å². The average molecular weight is 428 g/mol. The summed E-state index contributed by atoms with van der Waals surface area (Å²) in [4.78, 5) is 39.6. The summed E-state index contributed by atoms with van der Waals surface area (Å²) in [5, 5.41) is 5.35. The highest BCUT2D eigenvalue weighted by molar-refractivity contribution is 5.91. The Morgan fingerprint density at radius 3 is 2.32 bits per heavy atom. The fraction of sp³-hybridized carbons (Fsp3) is 0.458. The van der Waals surface area contributed by atoms with Crippen LogP contribution in [0.5, 0.6) is 0 Å². The van der Waals surface area contributed by atoms with Crippen LogP contribution >= 0.6 is 0 Å². The third-order valence-corrected chi connectivity index (χ3v) is 3.90. The minimum absolute atomic E-state index is 0.0793. The fourth-order valence-corrected chi connectivity index (χ4v) is 2.81. The van der Waals surface area contributed by atoms with E-state index in [-0.39, 0.29) is 19.0 Å². The first-order valence-electron chi connectivity index (χ1n) is 10.0. The second kappa shape index (κ2) is 10.7. The van der Waals surface area contributed by atoms with Crippen molar-refractivity contribution in [1.29, 1.82) is 0 Å². The number of benzene rings is 1. The van der Waals surface area contributed by atoms with Crippen LogP contribution in [0.3, 0.4) is 0 Å². The van der Waals surface area contributed by atoms with E-state index in [2.05, 4.69) is 23.1 Å². The van der Waals surface area contributed by atoms with Gasteiger partial charge in [-0.05, 0) is 53.2 Å². The van der Waals surface area contributed by atoms with Gasteiger partial charge in [0.2, 0.25) is 11.8 Å². The van der Waals surface area contributed by atoms with Crippen LogP contribution in [-0.2, 0) is 14.3 Å². The second-order valence-electron chi connectivity index (χ2n) is 9.06. The number of amides is 3. The zero-order chi connectivity index (χ0) is 23.8. The van der Waals surface area contributed by atoms with Crippen molar-refractivity contribution in [3.05, 3.63) is 48.0 Å². The third kappa shape index (κ3) is 8.55. The molecule has 0 heterocycles. The van der Waals surface area contributed by atoms with E-state index in [0.717, 1.165) is 0 Å². The van der Waals surface area contributed by atoms with Crippen molar-refractivity contribution in [2.75, 3.05) is 13.1 Å². The lowest BCUT2D eigenvalue weighted by atomic mass is 9.97. The maximum Gasteiger partial charge on any atom is 0.408 e. The molecule has 7 nitrogen and oxygen atoms in total. The topological polar surface area (TPSA) is 87.7 Å². The molecule has 7 heteroatoms. The van der Waals surface area contributed by atoms with Crippen LogP contribution in [0.15, 0.2) is 36.9 Å². The van der Waals surface area contributed by atoms with Gasteiger partial charge in [0.25, 0.3) is 0 Å². The molecular formula is C24H33N3O4. The third-order valence-electron chi connectivity index (χ3n) is 3.90. The number of ether oxygens (including phenoxy) is 1. The predicted molar refractivity (Wildman–Crippen MR) is 121 cm³/mol. The van der Waals surface area contributed by atoms with Gasteiger partial charge in [0.15, 0.2) is 0 Å². The van der Waals surface area contributed by atoms with Gasteiger partial charge >= 0.3 is 6.09 Å². The smallest absolute Gasteiger partial charge is 0.408 e. The Morgan fingerprint density at radius 1 is 1.19 bits per heavy atom. The number of hydrogen-bond acceptors (Lipinski definition) is 4. The first-order chi connectivity index (χ1) is 14.3. The summed E-state index contributed by atoms with van der Waals surface area (Å²) in [6.07, 6.45) is 6.44. The lowest BCUT2D eigenvalue weighted by molar-refractivity contribution is -0.140. The van der Waals surface area contributed by atoms with Crippen LogP contribution in [0, 0.1) is 12.3 Å². The number of alkyl carbamates (subject to hydrolysis) is 1. The van der Waals surface area contributed by atoms with Gasteiger partial charge in [0, 0.05) is 17.6 Å². The van der Waals surface area contributed by atoms with Crippen molar-refractivity contribution >= 4 is 17.9 Å². The van der Waals surface area contributed by atoms with E-state index in [4.69, 9.17) is 11.2 Å². The molecule has 0 aliphatic rings.